The second-order valence-electron chi connectivity index (χ2n) is 14.7. The summed E-state index contributed by atoms with van der Waals surface area (Å²) in [5.74, 6) is 1.68. The molecule has 2 N–H and O–H groups in total. The van der Waals surface area contributed by atoms with Crippen LogP contribution >= 0.6 is 11.6 Å². The number of aliphatic hydroxyl groups is 1. The van der Waals surface area contributed by atoms with Gasteiger partial charge < -0.3 is 19.6 Å². The molecule has 0 spiro atoms. The van der Waals surface area contributed by atoms with Crippen molar-refractivity contribution in [2.45, 2.75) is 77.2 Å². The van der Waals surface area contributed by atoms with Gasteiger partial charge in [0.05, 0.1) is 42.0 Å². The average molecular weight is 651 g/mol. The van der Waals surface area contributed by atoms with Gasteiger partial charge in [-0.15, -0.1) is 0 Å². The van der Waals surface area contributed by atoms with Crippen molar-refractivity contribution in [3.05, 3.63) is 41.2 Å². The van der Waals surface area contributed by atoms with E-state index in [1.807, 2.05) is 6.20 Å². The number of H-pyrrole nitrogens is 1. The van der Waals surface area contributed by atoms with E-state index < -0.39 is 6.23 Å². The minimum Gasteiger partial charge on any atom is -0.378 e. The SMILES string of the molecule is C=CC(O)N1CCC(n2nc(N3CC[C@@H](CN4CCN(C5COC5)CC4)CC3(C)C)c(-c3c(Cl)c(C)cc4[nH]ncc34)c2C)CC1. The Morgan fingerprint density at radius 2 is 1.80 bits per heavy atom. The lowest BCUT2D eigenvalue weighted by Crippen LogP contribution is -2.58. The molecule has 4 fully saturated rings. The third-order valence-corrected chi connectivity index (χ3v) is 11.8. The molecule has 10 nitrogen and oxygen atoms in total. The zero-order valence-corrected chi connectivity index (χ0v) is 28.8. The van der Waals surface area contributed by atoms with Crippen LogP contribution in [0.25, 0.3) is 22.0 Å². The van der Waals surface area contributed by atoms with Crippen LogP contribution in [0.3, 0.4) is 0 Å². The normalized spacial score (nSPS) is 24.8. The van der Waals surface area contributed by atoms with Crippen LogP contribution in [0.2, 0.25) is 5.02 Å². The molecule has 0 bridgehead atoms. The first kappa shape index (κ1) is 32.1. The second kappa shape index (κ2) is 12.9. The number of piperidine rings is 2. The third-order valence-electron chi connectivity index (χ3n) is 11.3. The maximum atomic E-state index is 10.4. The summed E-state index contributed by atoms with van der Waals surface area (Å²) in [5, 5.41) is 25.3. The van der Waals surface area contributed by atoms with E-state index in [1.165, 1.54) is 6.54 Å². The summed E-state index contributed by atoms with van der Waals surface area (Å²) in [6.45, 7) is 23.0. The van der Waals surface area contributed by atoms with E-state index in [-0.39, 0.29) is 11.6 Å². The molecule has 0 aliphatic carbocycles. The molecule has 0 radical (unpaired) electrons. The van der Waals surface area contributed by atoms with Crippen molar-refractivity contribution in [3.8, 4) is 11.1 Å². The van der Waals surface area contributed by atoms with Gasteiger partial charge in [0.15, 0.2) is 5.82 Å². The van der Waals surface area contributed by atoms with Gasteiger partial charge in [-0.1, -0.05) is 18.2 Å². The van der Waals surface area contributed by atoms with Crippen molar-refractivity contribution < 1.29 is 9.84 Å². The second-order valence-corrected chi connectivity index (χ2v) is 15.1. The Hall–Kier alpha value is -2.47. The van der Waals surface area contributed by atoms with Gasteiger partial charge in [-0.2, -0.15) is 10.2 Å². The number of likely N-dealkylation sites (tertiary alicyclic amines) is 1. The number of piperazine rings is 1. The summed E-state index contributed by atoms with van der Waals surface area (Å²) in [6, 6.07) is 2.97. The van der Waals surface area contributed by atoms with E-state index >= 15 is 0 Å². The smallest absolute Gasteiger partial charge is 0.159 e. The number of nitrogens with zero attached hydrogens (tertiary/aromatic N) is 7. The maximum absolute atomic E-state index is 10.4. The van der Waals surface area contributed by atoms with Gasteiger partial charge >= 0.3 is 0 Å². The molecule has 2 atom stereocenters. The quantitative estimate of drug-likeness (QED) is 0.335. The van der Waals surface area contributed by atoms with Crippen LogP contribution in [0.4, 0.5) is 5.82 Å². The first-order valence-corrected chi connectivity index (χ1v) is 17.6. The molecule has 2 aromatic heterocycles. The largest absolute Gasteiger partial charge is 0.378 e. The van der Waals surface area contributed by atoms with Gasteiger partial charge in [0.1, 0.15) is 6.23 Å². The molecule has 4 saturated heterocycles. The van der Waals surface area contributed by atoms with Crippen LogP contribution in [0.5, 0.6) is 0 Å². The molecule has 250 valence electrons. The maximum Gasteiger partial charge on any atom is 0.159 e. The van der Waals surface area contributed by atoms with Crippen LogP contribution in [0, 0.1) is 19.8 Å². The number of anilines is 1. The molecule has 1 aromatic carbocycles. The van der Waals surface area contributed by atoms with Gasteiger partial charge in [-0.05, 0) is 77.0 Å². The third kappa shape index (κ3) is 5.90. The van der Waals surface area contributed by atoms with Crippen LogP contribution in [-0.2, 0) is 4.74 Å². The summed E-state index contributed by atoms with van der Waals surface area (Å²) in [6.07, 6.45) is 7.02. The van der Waals surface area contributed by atoms with Gasteiger partial charge in [0.25, 0.3) is 0 Å². The molecular formula is C35H51ClN8O2. The molecule has 6 heterocycles. The van der Waals surface area contributed by atoms with E-state index in [0.29, 0.717) is 12.0 Å². The highest BCUT2D eigenvalue weighted by Gasteiger charge is 2.40. The fraction of sp³-hybridized carbons (Fsp3) is 0.657. The molecule has 4 aliphatic rings. The molecule has 11 heteroatoms. The Bertz CT molecular complexity index is 1550. The molecule has 0 amide bonds. The number of ether oxygens (including phenoxy) is 1. The number of halogens is 1. The Kier molecular flexibility index (Phi) is 8.97. The number of nitrogens with one attached hydrogen (secondary N) is 1. The highest BCUT2D eigenvalue weighted by Crippen LogP contribution is 2.47. The van der Waals surface area contributed by atoms with E-state index in [1.54, 1.807) is 6.08 Å². The predicted molar refractivity (Wildman–Crippen MR) is 185 cm³/mol. The number of benzene rings is 1. The fourth-order valence-electron chi connectivity index (χ4n) is 8.52. The van der Waals surface area contributed by atoms with E-state index in [4.69, 9.17) is 21.4 Å². The van der Waals surface area contributed by atoms with E-state index in [2.05, 4.69) is 74.8 Å². The number of aromatic amines is 1. The van der Waals surface area contributed by atoms with Crippen LogP contribution in [0.1, 0.15) is 56.8 Å². The molecular weight excluding hydrogens is 600 g/mol. The van der Waals surface area contributed by atoms with Crippen molar-refractivity contribution in [2.75, 3.05) is 70.5 Å². The van der Waals surface area contributed by atoms with Crippen LogP contribution in [0.15, 0.2) is 24.9 Å². The molecule has 4 aliphatic heterocycles. The number of rotatable bonds is 8. The lowest BCUT2D eigenvalue weighted by molar-refractivity contribution is -0.0779. The zero-order valence-electron chi connectivity index (χ0n) is 28.0. The summed E-state index contributed by atoms with van der Waals surface area (Å²) in [5.41, 5.74) is 5.23. The van der Waals surface area contributed by atoms with Crippen molar-refractivity contribution in [2.24, 2.45) is 5.92 Å². The fourth-order valence-corrected chi connectivity index (χ4v) is 8.77. The lowest BCUT2D eigenvalue weighted by atomic mass is 9.81. The Balaban J connectivity index is 1.17. The van der Waals surface area contributed by atoms with Crippen molar-refractivity contribution >= 4 is 28.3 Å². The zero-order chi connectivity index (χ0) is 32.2. The highest BCUT2D eigenvalue weighted by molar-refractivity contribution is 6.36. The van der Waals surface area contributed by atoms with Crippen molar-refractivity contribution in [1.29, 1.82) is 0 Å². The summed E-state index contributed by atoms with van der Waals surface area (Å²) in [7, 11) is 0. The van der Waals surface area contributed by atoms with Crippen molar-refractivity contribution in [1.82, 2.24) is 34.7 Å². The number of fused-ring (bicyclic) bond motifs is 1. The van der Waals surface area contributed by atoms with Gasteiger partial charge in [-0.25, -0.2) is 0 Å². The number of aliphatic hydroxyl groups excluding tert-OH is 1. The minimum atomic E-state index is -0.602. The Labute approximate surface area is 278 Å². The summed E-state index contributed by atoms with van der Waals surface area (Å²) in [4.78, 5) is 9.96. The minimum absolute atomic E-state index is 0.0718. The van der Waals surface area contributed by atoms with Gasteiger partial charge in [0, 0.05) is 80.1 Å². The first-order chi connectivity index (χ1) is 22.1. The number of aryl methyl sites for hydroxylation is 1. The summed E-state index contributed by atoms with van der Waals surface area (Å²) >= 11 is 7.20. The molecule has 46 heavy (non-hydrogen) atoms. The van der Waals surface area contributed by atoms with Crippen LogP contribution < -0.4 is 4.90 Å². The number of hydrogen-bond donors (Lipinski definition) is 2. The highest BCUT2D eigenvalue weighted by atomic mass is 35.5. The summed E-state index contributed by atoms with van der Waals surface area (Å²) < 4.78 is 7.70. The molecule has 7 rings (SSSR count). The van der Waals surface area contributed by atoms with Gasteiger partial charge in [-0.3, -0.25) is 19.6 Å². The topological polar surface area (TPSA) is 88.9 Å². The monoisotopic (exact) mass is 650 g/mol. The predicted octanol–water partition coefficient (Wildman–Crippen LogP) is 4.85. The lowest BCUT2D eigenvalue weighted by Gasteiger charge is -2.48. The molecule has 0 saturated carbocycles. The number of hydrogen-bond acceptors (Lipinski definition) is 8. The Morgan fingerprint density at radius 3 is 2.46 bits per heavy atom. The molecule has 1 unspecified atom stereocenters. The van der Waals surface area contributed by atoms with Crippen molar-refractivity contribution in [3.63, 3.8) is 0 Å². The standard InChI is InChI=1S/C35H51ClN8O2/c1-6-30(45)42-10-8-26(9-11-42)44-24(3)31(32-28-19-37-38-29(28)17-23(2)33(32)36)34(39-44)43-12-7-25(18-35(43,4)5)20-40-13-15-41(16-14-40)27-21-46-22-27/h6,17,19,25-27,30,45H,1,7-16,18,20-22H2,2-5H3,(H,37,38)/t25-,30?/m1/s1. The number of aromatic nitrogens is 4. The molecule has 3 aromatic rings. The van der Waals surface area contributed by atoms with E-state index in [0.717, 1.165) is 129 Å². The van der Waals surface area contributed by atoms with Crippen LogP contribution in [-0.4, -0.2) is 123 Å². The average Bonchev–Trinajstić information content (AvgIpc) is 3.61. The van der Waals surface area contributed by atoms with E-state index in [9.17, 15) is 5.11 Å². The first-order valence-electron chi connectivity index (χ1n) is 17.2. The van der Waals surface area contributed by atoms with Gasteiger partial charge in [0.2, 0.25) is 0 Å². The Morgan fingerprint density at radius 1 is 1.07 bits per heavy atom.